The fraction of sp³-hybridized carbons (Fsp3) is 0.273. The van der Waals surface area contributed by atoms with Crippen LogP contribution >= 0.6 is 0 Å². The van der Waals surface area contributed by atoms with Crippen LogP contribution < -0.4 is 10.2 Å². The third-order valence-electron chi connectivity index (χ3n) is 5.45. The van der Waals surface area contributed by atoms with E-state index in [0.717, 1.165) is 47.7 Å². The monoisotopic (exact) mass is 385 g/mol. The summed E-state index contributed by atoms with van der Waals surface area (Å²) < 4.78 is 1.84. The maximum Gasteiger partial charge on any atom is 0.164 e. The van der Waals surface area contributed by atoms with Crippen molar-refractivity contribution in [1.29, 1.82) is 0 Å². The third kappa shape index (κ3) is 3.23. The maximum absolute atomic E-state index is 5.00. The van der Waals surface area contributed by atoms with E-state index in [0.29, 0.717) is 5.82 Å². The minimum absolute atomic E-state index is 0.260. The summed E-state index contributed by atoms with van der Waals surface area (Å²) in [7, 11) is 1.94. The van der Waals surface area contributed by atoms with Crippen molar-refractivity contribution in [2.45, 2.75) is 13.0 Å². The molecule has 1 saturated heterocycles. The number of nitrogens with one attached hydrogen (secondary N) is 1. The van der Waals surface area contributed by atoms with E-state index in [1.54, 1.807) is 12.4 Å². The number of hydrogen-bond donors (Lipinski definition) is 1. The first kappa shape index (κ1) is 17.8. The fourth-order valence-electron chi connectivity index (χ4n) is 4.03. The maximum atomic E-state index is 5.00. The second-order valence-corrected chi connectivity index (χ2v) is 7.38. The Balaban J connectivity index is 1.61. The van der Waals surface area contributed by atoms with Gasteiger partial charge in [0.25, 0.3) is 0 Å². The zero-order valence-electron chi connectivity index (χ0n) is 16.6. The van der Waals surface area contributed by atoms with Crippen LogP contribution in [-0.4, -0.2) is 44.4 Å². The van der Waals surface area contributed by atoms with Crippen molar-refractivity contribution < 1.29 is 0 Å². The summed E-state index contributed by atoms with van der Waals surface area (Å²) in [5, 5.41) is 9.28. The molecule has 7 nitrogen and oxygen atoms in total. The van der Waals surface area contributed by atoms with Crippen molar-refractivity contribution in [3.63, 3.8) is 0 Å². The molecule has 0 bridgehead atoms. The number of pyridine rings is 1. The third-order valence-corrected chi connectivity index (χ3v) is 5.45. The highest BCUT2D eigenvalue weighted by molar-refractivity contribution is 5.91. The lowest BCUT2D eigenvalue weighted by atomic mass is 10.0. The highest BCUT2D eigenvalue weighted by atomic mass is 15.3. The van der Waals surface area contributed by atoms with Crippen molar-refractivity contribution in [2.75, 3.05) is 24.5 Å². The summed E-state index contributed by atoms with van der Waals surface area (Å²) in [5.41, 5.74) is 4.05. The van der Waals surface area contributed by atoms with Crippen LogP contribution in [0.3, 0.4) is 0 Å². The molecule has 0 saturated carbocycles. The largest absolute Gasteiger partial charge is 0.353 e. The molecule has 0 spiro atoms. The van der Waals surface area contributed by atoms with Gasteiger partial charge in [-0.25, -0.2) is 9.97 Å². The van der Waals surface area contributed by atoms with E-state index in [9.17, 15) is 0 Å². The molecule has 0 radical (unpaired) electrons. The minimum atomic E-state index is 0.260. The predicted molar refractivity (Wildman–Crippen MR) is 114 cm³/mol. The van der Waals surface area contributed by atoms with E-state index >= 15 is 0 Å². The molecule has 5 rings (SSSR count). The molecule has 1 fully saturated rings. The highest BCUT2D eigenvalue weighted by Crippen LogP contribution is 2.31. The summed E-state index contributed by atoms with van der Waals surface area (Å²) in [5.74, 6) is 1.66. The Labute approximate surface area is 169 Å². The fourth-order valence-corrected chi connectivity index (χ4v) is 4.03. The van der Waals surface area contributed by atoms with Gasteiger partial charge in [-0.15, -0.1) is 0 Å². The van der Waals surface area contributed by atoms with Crippen molar-refractivity contribution in [2.24, 2.45) is 7.05 Å². The van der Waals surface area contributed by atoms with Gasteiger partial charge >= 0.3 is 0 Å². The number of hydrogen-bond acceptors (Lipinski definition) is 6. The Hall–Kier alpha value is -3.32. The molecule has 146 valence electrons. The van der Waals surface area contributed by atoms with Gasteiger partial charge in [0.2, 0.25) is 0 Å². The summed E-state index contributed by atoms with van der Waals surface area (Å²) in [6.07, 6.45) is 3.54. The Morgan fingerprint density at radius 1 is 1.03 bits per heavy atom. The lowest BCUT2D eigenvalue weighted by molar-refractivity contribution is 0.470. The molecule has 29 heavy (non-hydrogen) atoms. The molecule has 1 atom stereocenters. The van der Waals surface area contributed by atoms with Crippen LogP contribution in [-0.2, 0) is 7.05 Å². The second-order valence-electron chi connectivity index (χ2n) is 7.38. The number of aryl methyl sites for hydroxylation is 2. The number of fused-ring (bicyclic) bond motifs is 1. The molecule has 0 aliphatic carbocycles. The number of anilines is 1. The van der Waals surface area contributed by atoms with Crippen molar-refractivity contribution in [3.8, 4) is 11.4 Å². The van der Waals surface area contributed by atoms with Crippen molar-refractivity contribution in [3.05, 3.63) is 66.1 Å². The number of rotatable bonds is 3. The van der Waals surface area contributed by atoms with Crippen LogP contribution in [0.15, 0.2) is 54.9 Å². The van der Waals surface area contributed by atoms with E-state index in [2.05, 4.69) is 50.6 Å². The van der Waals surface area contributed by atoms with Crippen LogP contribution in [0.1, 0.15) is 17.3 Å². The van der Waals surface area contributed by atoms with Gasteiger partial charge in [-0.1, -0.05) is 30.3 Å². The highest BCUT2D eigenvalue weighted by Gasteiger charge is 2.26. The van der Waals surface area contributed by atoms with Crippen LogP contribution in [0.5, 0.6) is 0 Å². The number of nitrogens with zero attached hydrogens (tertiary/aromatic N) is 6. The zero-order chi connectivity index (χ0) is 19.8. The van der Waals surface area contributed by atoms with E-state index in [-0.39, 0.29) is 6.04 Å². The van der Waals surface area contributed by atoms with E-state index in [4.69, 9.17) is 9.97 Å². The molecule has 7 heteroatoms. The SMILES string of the molecule is Cc1nn(C)c2nc(-c3ccncc3)nc(N3CCN[C@@H](c4ccccc4)C3)c12. The van der Waals surface area contributed by atoms with Gasteiger partial charge in [0.15, 0.2) is 11.5 Å². The smallest absolute Gasteiger partial charge is 0.164 e. The first-order valence-electron chi connectivity index (χ1n) is 9.86. The molecule has 1 N–H and O–H groups in total. The van der Waals surface area contributed by atoms with Gasteiger partial charge in [-0.05, 0) is 24.6 Å². The summed E-state index contributed by atoms with van der Waals surface area (Å²) >= 11 is 0. The van der Waals surface area contributed by atoms with Crippen molar-refractivity contribution >= 4 is 16.9 Å². The Bertz CT molecular complexity index is 1140. The van der Waals surface area contributed by atoms with Gasteiger partial charge in [-0.3, -0.25) is 9.67 Å². The normalized spacial score (nSPS) is 17.0. The first-order chi connectivity index (χ1) is 14.2. The lowest BCUT2D eigenvalue weighted by Crippen LogP contribution is -2.46. The van der Waals surface area contributed by atoms with Crippen LogP contribution in [0.4, 0.5) is 5.82 Å². The molecule has 1 aromatic carbocycles. The van der Waals surface area contributed by atoms with E-state index in [1.165, 1.54) is 5.56 Å². The van der Waals surface area contributed by atoms with E-state index in [1.807, 2.05) is 30.8 Å². The van der Waals surface area contributed by atoms with E-state index < -0.39 is 0 Å². The Kier molecular flexibility index (Phi) is 4.44. The first-order valence-corrected chi connectivity index (χ1v) is 9.86. The van der Waals surface area contributed by atoms with Gasteiger partial charge in [0.1, 0.15) is 5.82 Å². The molecule has 3 aromatic heterocycles. The van der Waals surface area contributed by atoms with Gasteiger partial charge in [-0.2, -0.15) is 5.10 Å². The Morgan fingerprint density at radius 3 is 2.62 bits per heavy atom. The zero-order valence-corrected chi connectivity index (χ0v) is 16.6. The van der Waals surface area contributed by atoms with Crippen molar-refractivity contribution in [1.82, 2.24) is 30.0 Å². The predicted octanol–water partition coefficient (Wildman–Crippen LogP) is 2.88. The summed E-state index contributed by atoms with van der Waals surface area (Å²) in [6, 6.07) is 14.7. The van der Waals surface area contributed by atoms with Crippen LogP contribution in [0, 0.1) is 6.92 Å². The Morgan fingerprint density at radius 2 is 1.83 bits per heavy atom. The molecule has 4 heterocycles. The standard InChI is InChI=1S/C22H23N7/c1-15-19-21(28(2)27-15)25-20(17-8-10-23-11-9-17)26-22(19)29-13-12-24-18(14-29)16-6-4-3-5-7-16/h3-11,18,24H,12-14H2,1-2H3/t18-/m1/s1. The van der Waals surface area contributed by atoms with Gasteiger partial charge < -0.3 is 10.2 Å². The summed E-state index contributed by atoms with van der Waals surface area (Å²) in [6.45, 7) is 4.66. The molecule has 4 aromatic rings. The quantitative estimate of drug-likeness (QED) is 0.585. The average Bonchev–Trinajstić information content (AvgIpc) is 3.08. The number of benzene rings is 1. The topological polar surface area (TPSA) is 71.8 Å². The van der Waals surface area contributed by atoms with Gasteiger partial charge in [0, 0.05) is 50.7 Å². The van der Waals surface area contributed by atoms with Crippen LogP contribution in [0.2, 0.25) is 0 Å². The molecular formula is C22H23N7. The minimum Gasteiger partial charge on any atom is -0.353 e. The molecular weight excluding hydrogens is 362 g/mol. The number of piperazine rings is 1. The molecule has 0 amide bonds. The average molecular weight is 385 g/mol. The lowest BCUT2D eigenvalue weighted by Gasteiger charge is -2.35. The molecule has 1 aliphatic heterocycles. The number of aromatic nitrogens is 5. The van der Waals surface area contributed by atoms with Crippen LogP contribution in [0.25, 0.3) is 22.4 Å². The molecule has 1 aliphatic rings. The van der Waals surface area contributed by atoms with Gasteiger partial charge in [0.05, 0.1) is 11.1 Å². The summed E-state index contributed by atoms with van der Waals surface area (Å²) in [4.78, 5) is 16.3. The molecule has 0 unspecified atom stereocenters. The second kappa shape index (κ2) is 7.25.